The first-order valence-corrected chi connectivity index (χ1v) is 9.34. The summed E-state index contributed by atoms with van der Waals surface area (Å²) in [6.07, 6.45) is 0.351. The van der Waals surface area contributed by atoms with E-state index in [1.165, 1.54) is 23.1 Å². The molecule has 0 aliphatic carbocycles. The van der Waals surface area contributed by atoms with Crippen LogP contribution >= 0.6 is 23.1 Å². The van der Waals surface area contributed by atoms with Gasteiger partial charge in [0.2, 0.25) is 11.0 Å². The van der Waals surface area contributed by atoms with E-state index in [1.54, 1.807) is 0 Å². The Bertz CT molecular complexity index is 839. The molecule has 0 saturated carbocycles. The van der Waals surface area contributed by atoms with Gasteiger partial charge >= 0.3 is 0 Å². The quantitative estimate of drug-likeness (QED) is 0.609. The van der Waals surface area contributed by atoms with Crippen molar-refractivity contribution in [2.75, 3.05) is 16.8 Å². The maximum absolute atomic E-state index is 12.2. The Hall–Kier alpha value is -2.58. The number of nitrogen functional groups attached to an aromatic ring is 1. The summed E-state index contributed by atoms with van der Waals surface area (Å²) in [5.74, 6) is 1.83. The number of anilines is 2. The highest BCUT2D eigenvalue weighted by Crippen LogP contribution is 2.29. The first kappa shape index (κ1) is 17.2. The van der Waals surface area contributed by atoms with E-state index >= 15 is 0 Å². The van der Waals surface area contributed by atoms with E-state index in [1.807, 2.05) is 54.6 Å². The molecule has 0 bridgehead atoms. The number of nitrogens with one attached hydrogen (secondary N) is 1. The molecule has 1 heterocycles. The highest BCUT2D eigenvalue weighted by Gasteiger charge is 2.09. The fraction of sp³-hybridized carbons (Fsp3) is 0.118. The van der Waals surface area contributed by atoms with Crippen LogP contribution in [0.4, 0.5) is 10.8 Å². The topological polar surface area (TPSA) is 90.1 Å². The van der Waals surface area contributed by atoms with Crippen molar-refractivity contribution in [3.63, 3.8) is 0 Å². The van der Waals surface area contributed by atoms with Crippen LogP contribution in [-0.2, 0) is 4.79 Å². The van der Waals surface area contributed by atoms with Gasteiger partial charge < -0.3 is 15.8 Å². The molecule has 0 aliphatic rings. The van der Waals surface area contributed by atoms with E-state index < -0.39 is 0 Å². The van der Waals surface area contributed by atoms with Crippen molar-refractivity contribution in [2.45, 2.75) is 10.8 Å². The predicted molar refractivity (Wildman–Crippen MR) is 101 cm³/mol. The number of hydrogen-bond acceptors (Lipinski definition) is 7. The van der Waals surface area contributed by atoms with Crippen LogP contribution in [0.5, 0.6) is 11.5 Å². The number of benzene rings is 2. The molecule has 3 aromatic rings. The van der Waals surface area contributed by atoms with Crippen molar-refractivity contribution in [1.29, 1.82) is 0 Å². The van der Waals surface area contributed by atoms with E-state index in [0.29, 0.717) is 34.5 Å². The smallest absolute Gasteiger partial charge is 0.225 e. The van der Waals surface area contributed by atoms with Crippen LogP contribution in [0.3, 0.4) is 0 Å². The zero-order chi connectivity index (χ0) is 17.5. The first-order valence-electron chi connectivity index (χ1n) is 7.54. The third-order valence-corrected chi connectivity index (χ3v) is 5.00. The molecular formula is C17H16N4O2S2. The average molecular weight is 372 g/mol. The Labute approximate surface area is 153 Å². The molecule has 0 unspecified atom stereocenters. The summed E-state index contributed by atoms with van der Waals surface area (Å²) in [5, 5.41) is 11.0. The normalized spacial score (nSPS) is 10.4. The maximum atomic E-state index is 12.2. The lowest BCUT2D eigenvalue weighted by molar-refractivity contribution is -0.115. The molecule has 128 valence electrons. The monoisotopic (exact) mass is 372 g/mol. The zero-order valence-corrected chi connectivity index (χ0v) is 14.8. The van der Waals surface area contributed by atoms with Gasteiger partial charge in [0.1, 0.15) is 5.75 Å². The minimum absolute atomic E-state index is 0.0888. The molecule has 0 saturated heterocycles. The van der Waals surface area contributed by atoms with E-state index in [-0.39, 0.29) is 5.91 Å². The molecule has 0 atom stereocenters. The van der Waals surface area contributed by atoms with E-state index in [4.69, 9.17) is 10.5 Å². The number of nitrogens with two attached hydrogens (primary N) is 1. The number of carbonyl (C=O) groups excluding carboxylic acids is 1. The molecule has 6 nitrogen and oxygen atoms in total. The van der Waals surface area contributed by atoms with Crippen LogP contribution in [0.1, 0.15) is 6.42 Å². The number of rotatable bonds is 7. The van der Waals surface area contributed by atoms with Crippen LogP contribution in [-0.4, -0.2) is 21.9 Å². The van der Waals surface area contributed by atoms with Crippen molar-refractivity contribution in [3.05, 3.63) is 54.6 Å². The first-order chi connectivity index (χ1) is 12.2. The number of para-hydroxylation sites is 3. The van der Waals surface area contributed by atoms with Gasteiger partial charge in [-0.2, -0.15) is 0 Å². The van der Waals surface area contributed by atoms with Crippen LogP contribution < -0.4 is 15.8 Å². The summed E-state index contributed by atoms with van der Waals surface area (Å²) in [7, 11) is 0. The number of amides is 1. The van der Waals surface area contributed by atoms with Crippen LogP contribution in [0, 0.1) is 0 Å². The van der Waals surface area contributed by atoms with Crippen molar-refractivity contribution >= 4 is 39.8 Å². The Morgan fingerprint density at radius 2 is 1.88 bits per heavy atom. The molecule has 0 spiro atoms. The molecule has 0 radical (unpaired) electrons. The molecular weight excluding hydrogens is 356 g/mol. The van der Waals surface area contributed by atoms with E-state index in [9.17, 15) is 4.79 Å². The number of thioether (sulfide) groups is 1. The molecule has 0 fully saturated rings. The second kappa shape index (κ2) is 8.50. The fourth-order valence-corrected chi connectivity index (χ4v) is 3.64. The van der Waals surface area contributed by atoms with Crippen molar-refractivity contribution in [2.24, 2.45) is 0 Å². The summed E-state index contributed by atoms with van der Waals surface area (Å²) in [6, 6.07) is 16.8. The van der Waals surface area contributed by atoms with E-state index in [2.05, 4.69) is 15.5 Å². The van der Waals surface area contributed by atoms with Gasteiger partial charge in [0.15, 0.2) is 10.1 Å². The summed E-state index contributed by atoms with van der Waals surface area (Å²) in [5.41, 5.74) is 6.17. The Morgan fingerprint density at radius 1 is 1.12 bits per heavy atom. The van der Waals surface area contributed by atoms with E-state index in [0.717, 1.165) is 4.34 Å². The second-order valence-corrected chi connectivity index (χ2v) is 7.32. The Kier molecular flexibility index (Phi) is 5.86. The lowest BCUT2D eigenvalue weighted by atomic mass is 10.2. The van der Waals surface area contributed by atoms with Crippen LogP contribution in [0.25, 0.3) is 0 Å². The molecule has 3 N–H and O–H groups in total. The highest BCUT2D eigenvalue weighted by molar-refractivity contribution is 8.01. The fourth-order valence-electron chi connectivity index (χ4n) is 2.00. The molecule has 8 heteroatoms. The number of carbonyl (C=O) groups is 1. The third-order valence-electron chi connectivity index (χ3n) is 3.11. The maximum Gasteiger partial charge on any atom is 0.225 e. The number of aromatic nitrogens is 2. The second-order valence-electron chi connectivity index (χ2n) is 4.96. The van der Waals surface area contributed by atoms with Gasteiger partial charge in [0, 0.05) is 12.2 Å². The van der Waals surface area contributed by atoms with Gasteiger partial charge in [-0.15, -0.1) is 10.2 Å². The number of ether oxygens (including phenoxy) is 1. The Morgan fingerprint density at radius 3 is 2.64 bits per heavy atom. The third kappa shape index (κ3) is 5.20. The predicted octanol–water partition coefficient (Wildman–Crippen LogP) is 4.03. The minimum Gasteiger partial charge on any atom is -0.455 e. The summed E-state index contributed by atoms with van der Waals surface area (Å²) >= 11 is 2.77. The molecule has 2 aromatic carbocycles. The summed E-state index contributed by atoms with van der Waals surface area (Å²) in [4.78, 5) is 12.2. The molecule has 25 heavy (non-hydrogen) atoms. The van der Waals surface area contributed by atoms with Crippen molar-refractivity contribution in [3.8, 4) is 11.5 Å². The lowest BCUT2D eigenvalue weighted by Gasteiger charge is -2.12. The number of nitrogens with zero attached hydrogens (tertiary/aromatic N) is 2. The van der Waals surface area contributed by atoms with Crippen LogP contribution in [0.2, 0.25) is 0 Å². The molecule has 1 aromatic heterocycles. The average Bonchev–Trinajstić information content (AvgIpc) is 3.03. The van der Waals surface area contributed by atoms with Crippen LogP contribution in [0.15, 0.2) is 58.9 Å². The van der Waals surface area contributed by atoms with Gasteiger partial charge in [-0.25, -0.2) is 0 Å². The molecule has 1 amide bonds. The highest BCUT2D eigenvalue weighted by atomic mass is 32.2. The van der Waals surface area contributed by atoms with Crippen molar-refractivity contribution in [1.82, 2.24) is 10.2 Å². The molecule has 0 aliphatic heterocycles. The summed E-state index contributed by atoms with van der Waals surface area (Å²) < 4.78 is 6.60. The van der Waals surface area contributed by atoms with Gasteiger partial charge in [0.25, 0.3) is 0 Å². The zero-order valence-electron chi connectivity index (χ0n) is 13.2. The lowest BCUT2D eigenvalue weighted by Crippen LogP contribution is -2.12. The largest absolute Gasteiger partial charge is 0.455 e. The SMILES string of the molecule is Nc1nnc(SCCC(=O)Nc2ccccc2Oc2ccccc2)s1. The molecule has 3 rings (SSSR count). The minimum atomic E-state index is -0.0888. The van der Waals surface area contributed by atoms with Gasteiger partial charge in [-0.3, -0.25) is 4.79 Å². The van der Waals surface area contributed by atoms with Gasteiger partial charge in [0.05, 0.1) is 5.69 Å². The standard InChI is InChI=1S/C17H16N4O2S2/c18-16-20-21-17(25-16)24-11-10-15(22)19-13-8-4-5-9-14(13)23-12-6-2-1-3-7-12/h1-9H,10-11H2,(H2,18,20)(H,19,22). The summed E-state index contributed by atoms with van der Waals surface area (Å²) in [6.45, 7) is 0. The van der Waals surface area contributed by atoms with Gasteiger partial charge in [-0.05, 0) is 24.3 Å². The van der Waals surface area contributed by atoms with Crippen molar-refractivity contribution < 1.29 is 9.53 Å². The van der Waals surface area contributed by atoms with Gasteiger partial charge in [-0.1, -0.05) is 53.4 Å². The Balaban J connectivity index is 1.55. The number of hydrogen-bond donors (Lipinski definition) is 2.